The molecule has 64 valence electrons. The summed E-state index contributed by atoms with van der Waals surface area (Å²) >= 11 is 0. The van der Waals surface area contributed by atoms with Crippen LogP contribution in [-0.2, 0) is 4.79 Å². The van der Waals surface area contributed by atoms with Crippen LogP contribution in [-0.4, -0.2) is 12.5 Å². The Hall–Kier alpha value is -0.530. The summed E-state index contributed by atoms with van der Waals surface area (Å²) in [6.45, 7) is 4.91. The lowest BCUT2D eigenvalue weighted by Crippen LogP contribution is -2.31. The predicted octanol–water partition coefficient (Wildman–Crippen LogP) is 1.56. The average molecular weight is 155 g/mol. The molecule has 0 aromatic carbocycles. The van der Waals surface area contributed by atoms with E-state index in [-0.39, 0.29) is 5.91 Å². The third-order valence-electron chi connectivity index (χ3n) is 2.55. The van der Waals surface area contributed by atoms with Gasteiger partial charge < -0.3 is 5.32 Å². The third kappa shape index (κ3) is 1.95. The molecule has 0 aromatic heterocycles. The quantitative estimate of drug-likeness (QED) is 0.644. The van der Waals surface area contributed by atoms with Crippen molar-refractivity contribution >= 4 is 5.91 Å². The van der Waals surface area contributed by atoms with Crippen LogP contribution in [0.25, 0.3) is 0 Å². The fraction of sp³-hybridized carbons (Fsp3) is 0.889. The number of carbonyl (C=O) groups excluding carboxylic acids is 1. The summed E-state index contributed by atoms with van der Waals surface area (Å²) in [5.74, 6) is 1.16. The van der Waals surface area contributed by atoms with Gasteiger partial charge in [-0.05, 0) is 25.7 Å². The van der Waals surface area contributed by atoms with E-state index in [1.165, 1.54) is 12.8 Å². The van der Waals surface area contributed by atoms with Crippen LogP contribution in [0.15, 0.2) is 0 Å². The van der Waals surface area contributed by atoms with E-state index in [9.17, 15) is 4.79 Å². The zero-order valence-corrected chi connectivity index (χ0v) is 7.39. The third-order valence-corrected chi connectivity index (χ3v) is 2.55. The molecular formula is C9H17NO. The number of rotatable bonds is 2. The van der Waals surface area contributed by atoms with Gasteiger partial charge in [0.1, 0.15) is 0 Å². The van der Waals surface area contributed by atoms with Gasteiger partial charge >= 0.3 is 0 Å². The molecule has 0 saturated heterocycles. The van der Waals surface area contributed by atoms with Gasteiger partial charge in [-0.25, -0.2) is 0 Å². The molecule has 0 heterocycles. The minimum absolute atomic E-state index is 0.262. The summed E-state index contributed by atoms with van der Waals surface area (Å²) in [5.41, 5.74) is 0. The van der Waals surface area contributed by atoms with Crippen molar-refractivity contribution in [3.05, 3.63) is 0 Å². The molecule has 0 aliphatic heterocycles. The standard InChI is InChI=1S/C9H17NO/c1-3-10-9(11)8-6-4-5-7(8)2/h7-8H,3-6H2,1-2H3,(H,10,11)/t7?,8-/m0/s1. The van der Waals surface area contributed by atoms with E-state index in [2.05, 4.69) is 12.2 Å². The number of nitrogens with one attached hydrogen (secondary N) is 1. The Morgan fingerprint density at radius 2 is 2.27 bits per heavy atom. The van der Waals surface area contributed by atoms with Crippen molar-refractivity contribution in [3.8, 4) is 0 Å². The molecule has 1 aliphatic carbocycles. The minimum Gasteiger partial charge on any atom is -0.356 e. The van der Waals surface area contributed by atoms with Crippen LogP contribution in [0.5, 0.6) is 0 Å². The molecule has 1 aliphatic rings. The van der Waals surface area contributed by atoms with Crippen LogP contribution in [0.2, 0.25) is 0 Å². The molecule has 0 aromatic rings. The maximum absolute atomic E-state index is 11.3. The molecule has 0 bridgehead atoms. The van der Waals surface area contributed by atoms with Crippen LogP contribution in [0.3, 0.4) is 0 Å². The van der Waals surface area contributed by atoms with Gasteiger partial charge in [-0.15, -0.1) is 0 Å². The van der Waals surface area contributed by atoms with E-state index < -0.39 is 0 Å². The summed E-state index contributed by atoms with van der Waals surface area (Å²) in [7, 11) is 0. The Morgan fingerprint density at radius 3 is 2.73 bits per heavy atom. The van der Waals surface area contributed by atoms with E-state index in [0.717, 1.165) is 13.0 Å². The highest BCUT2D eigenvalue weighted by molar-refractivity contribution is 5.79. The average Bonchev–Trinajstić information content (AvgIpc) is 2.36. The lowest BCUT2D eigenvalue weighted by molar-refractivity contribution is -0.125. The predicted molar refractivity (Wildman–Crippen MR) is 45.2 cm³/mol. The van der Waals surface area contributed by atoms with Crippen LogP contribution in [0, 0.1) is 11.8 Å². The van der Waals surface area contributed by atoms with E-state index in [1.54, 1.807) is 0 Å². The molecule has 1 unspecified atom stereocenters. The molecule has 1 N–H and O–H groups in total. The maximum atomic E-state index is 11.3. The molecule has 1 rings (SSSR count). The first-order valence-electron chi connectivity index (χ1n) is 4.53. The molecule has 11 heavy (non-hydrogen) atoms. The lowest BCUT2D eigenvalue weighted by atomic mass is 9.97. The number of hydrogen-bond acceptors (Lipinski definition) is 1. The fourth-order valence-electron chi connectivity index (χ4n) is 1.84. The highest BCUT2D eigenvalue weighted by atomic mass is 16.1. The molecule has 2 atom stereocenters. The van der Waals surface area contributed by atoms with Crippen molar-refractivity contribution in [2.75, 3.05) is 6.54 Å². The van der Waals surface area contributed by atoms with Crippen molar-refractivity contribution in [1.82, 2.24) is 5.32 Å². The SMILES string of the molecule is CCNC(=O)[C@H]1CCCC1C. The van der Waals surface area contributed by atoms with Gasteiger partial charge in [-0.2, -0.15) is 0 Å². The topological polar surface area (TPSA) is 29.1 Å². The van der Waals surface area contributed by atoms with Crippen molar-refractivity contribution in [2.24, 2.45) is 11.8 Å². The summed E-state index contributed by atoms with van der Waals surface area (Å²) in [6, 6.07) is 0. The van der Waals surface area contributed by atoms with Crippen LogP contribution >= 0.6 is 0 Å². The fourth-order valence-corrected chi connectivity index (χ4v) is 1.84. The van der Waals surface area contributed by atoms with Crippen molar-refractivity contribution in [2.45, 2.75) is 33.1 Å². The maximum Gasteiger partial charge on any atom is 0.223 e. The Kier molecular flexibility index (Phi) is 2.92. The highest BCUT2D eigenvalue weighted by Gasteiger charge is 2.28. The first-order chi connectivity index (χ1) is 5.25. The number of carbonyl (C=O) groups is 1. The second-order valence-electron chi connectivity index (χ2n) is 3.41. The second kappa shape index (κ2) is 3.74. The zero-order chi connectivity index (χ0) is 8.27. The molecule has 2 nitrogen and oxygen atoms in total. The summed E-state index contributed by atoms with van der Waals surface area (Å²) < 4.78 is 0. The van der Waals surface area contributed by atoms with Gasteiger partial charge in [0, 0.05) is 12.5 Å². The molecule has 1 amide bonds. The zero-order valence-electron chi connectivity index (χ0n) is 7.39. The first-order valence-corrected chi connectivity index (χ1v) is 4.53. The summed E-state index contributed by atoms with van der Waals surface area (Å²) in [4.78, 5) is 11.3. The molecular weight excluding hydrogens is 138 g/mol. The van der Waals surface area contributed by atoms with Crippen LogP contribution in [0.4, 0.5) is 0 Å². The number of amides is 1. The van der Waals surface area contributed by atoms with Gasteiger partial charge in [0.2, 0.25) is 5.91 Å². The van der Waals surface area contributed by atoms with E-state index in [1.807, 2.05) is 6.92 Å². The van der Waals surface area contributed by atoms with E-state index in [0.29, 0.717) is 11.8 Å². The first kappa shape index (κ1) is 8.57. The van der Waals surface area contributed by atoms with Gasteiger partial charge in [-0.3, -0.25) is 4.79 Å². The Bertz CT molecular complexity index is 144. The molecule has 2 heteroatoms. The molecule has 0 radical (unpaired) electrons. The minimum atomic E-state index is 0.262. The van der Waals surface area contributed by atoms with Crippen LogP contribution in [0.1, 0.15) is 33.1 Å². The van der Waals surface area contributed by atoms with Crippen LogP contribution < -0.4 is 5.32 Å². The summed E-state index contributed by atoms with van der Waals surface area (Å²) in [5, 5.41) is 2.88. The monoisotopic (exact) mass is 155 g/mol. The highest BCUT2D eigenvalue weighted by Crippen LogP contribution is 2.30. The van der Waals surface area contributed by atoms with Gasteiger partial charge in [0.25, 0.3) is 0 Å². The van der Waals surface area contributed by atoms with Gasteiger partial charge in [0.05, 0.1) is 0 Å². The Morgan fingerprint density at radius 1 is 1.55 bits per heavy atom. The van der Waals surface area contributed by atoms with E-state index >= 15 is 0 Å². The van der Waals surface area contributed by atoms with Gasteiger partial charge in [0.15, 0.2) is 0 Å². The Labute approximate surface area is 68.4 Å². The Balaban J connectivity index is 2.39. The summed E-state index contributed by atoms with van der Waals surface area (Å²) in [6.07, 6.45) is 3.54. The van der Waals surface area contributed by atoms with Crippen molar-refractivity contribution in [3.63, 3.8) is 0 Å². The smallest absolute Gasteiger partial charge is 0.223 e. The lowest BCUT2D eigenvalue weighted by Gasteiger charge is -2.13. The van der Waals surface area contributed by atoms with Crippen molar-refractivity contribution in [1.29, 1.82) is 0 Å². The van der Waals surface area contributed by atoms with E-state index in [4.69, 9.17) is 0 Å². The largest absolute Gasteiger partial charge is 0.356 e. The molecule has 1 saturated carbocycles. The number of hydrogen-bond donors (Lipinski definition) is 1. The second-order valence-corrected chi connectivity index (χ2v) is 3.41. The van der Waals surface area contributed by atoms with Crippen molar-refractivity contribution < 1.29 is 4.79 Å². The van der Waals surface area contributed by atoms with Gasteiger partial charge in [-0.1, -0.05) is 13.3 Å². The normalized spacial score (nSPS) is 30.4. The molecule has 0 spiro atoms. The molecule has 1 fully saturated rings.